The molecule has 0 rings (SSSR count). The molecule has 0 saturated heterocycles. The van der Waals surface area contributed by atoms with Gasteiger partial charge >= 0.3 is 19.5 Å². The van der Waals surface area contributed by atoms with Crippen LogP contribution in [-0.4, -0.2) is 49.1 Å². The summed E-state index contributed by atoms with van der Waals surface area (Å²) in [5, 5.41) is 17.8. The zero-order chi connectivity index (χ0) is 22.1. The molecule has 0 fully saturated rings. The van der Waals surface area contributed by atoms with Crippen molar-refractivity contribution >= 4 is 13.6 Å². The van der Waals surface area contributed by atoms with Crippen molar-refractivity contribution in [2.45, 2.75) is 119 Å². The Labute approximate surface area is 182 Å². The third kappa shape index (κ3) is 46.1. The molecule has 0 aromatic heterocycles. The van der Waals surface area contributed by atoms with E-state index in [-0.39, 0.29) is 42.9 Å². The first-order chi connectivity index (χ1) is 11.6. The van der Waals surface area contributed by atoms with E-state index in [0.717, 1.165) is 0 Å². The molecule has 0 amide bonds. The van der Waals surface area contributed by atoms with E-state index >= 15 is 0 Å². The molecule has 0 aliphatic heterocycles. The molecule has 0 aliphatic rings. The van der Waals surface area contributed by atoms with Crippen molar-refractivity contribution in [1.29, 1.82) is 0 Å². The van der Waals surface area contributed by atoms with Crippen LogP contribution in [-0.2, 0) is 29.1 Å². The van der Waals surface area contributed by atoms with Crippen molar-refractivity contribution in [1.82, 2.24) is 0 Å². The van der Waals surface area contributed by atoms with Crippen LogP contribution >= 0.6 is 0 Å². The van der Waals surface area contributed by atoms with Crippen molar-refractivity contribution in [2.75, 3.05) is 0 Å². The van der Waals surface area contributed by atoms with E-state index in [1.807, 2.05) is 13.8 Å². The van der Waals surface area contributed by atoms with Crippen LogP contribution in [0.4, 0.5) is 0 Å². The summed E-state index contributed by atoms with van der Waals surface area (Å²) < 4.78 is 0. The fourth-order valence-electron chi connectivity index (χ4n) is 2.05. The number of rotatable bonds is 6. The first-order valence-corrected chi connectivity index (χ1v) is 8.93. The molecule has 0 aliphatic carbocycles. The topological polar surface area (TPSA) is 90.5 Å². The molecule has 0 saturated carbocycles. The van der Waals surface area contributed by atoms with Gasteiger partial charge in [0.15, 0.2) is 0 Å². The van der Waals surface area contributed by atoms with E-state index in [1.54, 1.807) is 0 Å². The summed E-state index contributed by atoms with van der Waals surface area (Å²) in [6.07, 6.45) is 0.269. The van der Waals surface area contributed by atoms with Gasteiger partial charge in [-0.15, -0.1) is 37.0 Å². The van der Waals surface area contributed by atoms with Crippen LogP contribution in [0.15, 0.2) is 0 Å². The summed E-state index contributed by atoms with van der Waals surface area (Å²) in [5.74, 6) is 0. The molecular formula is C20H42N4O2Ru. The minimum Gasteiger partial charge on any atom is -0.676 e. The molecule has 0 N–H and O–H groups in total. The maximum atomic E-state index is 7.75. The zero-order valence-corrected chi connectivity index (χ0v) is 21.2. The van der Waals surface area contributed by atoms with Gasteiger partial charge in [-0.05, 0) is 0 Å². The summed E-state index contributed by atoms with van der Waals surface area (Å²) in [7, 11) is 0. The summed E-state index contributed by atoms with van der Waals surface area (Å²) in [4.78, 5) is 15.5. The van der Waals surface area contributed by atoms with Gasteiger partial charge in [0.25, 0.3) is 0 Å². The van der Waals surface area contributed by atoms with E-state index in [4.69, 9.17) is 9.59 Å². The van der Waals surface area contributed by atoms with Gasteiger partial charge in [0, 0.05) is 0 Å². The van der Waals surface area contributed by atoms with Crippen LogP contribution in [0.1, 0.15) is 83.1 Å². The fraction of sp³-hybridized carbons (Fsp3) is 0.900. The predicted molar refractivity (Wildman–Crippen MR) is 116 cm³/mol. The molecule has 0 aromatic carbocycles. The Bertz CT molecular complexity index is 273. The standard InChI is InChI=1S/2C9H20N2.2CHO.Ru/c2*1-7(2)10-8(3)11-9(4,5)6;2*1-2;/h2*7-8H,1-6H3;2*1H;/q2*-2;2*-1;+6. The van der Waals surface area contributed by atoms with Gasteiger partial charge in [-0.3, -0.25) is 13.6 Å². The molecule has 7 heteroatoms. The van der Waals surface area contributed by atoms with Gasteiger partial charge in [0.2, 0.25) is 0 Å². The van der Waals surface area contributed by atoms with Gasteiger partial charge in [0.05, 0.1) is 0 Å². The number of nitrogens with zero attached hydrogens (tertiary/aromatic N) is 4. The molecule has 0 radical (unpaired) electrons. The first-order valence-electron chi connectivity index (χ1n) is 8.93. The monoisotopic (exact) mass is 472 g/mol. The summed E-state index contributed by atoms with van der Waals surface area (Å²) in [5.41, 5.74) is 0.0790. The van der Waals surface area contributed by atoms with Crippen LogP contribution in [0.25, 0.3) is 21.3 Å². The summed E-state index contributed by atoms with van der Waals surface area (Å²) >= 11 is 0. The van der Waals surface area contributed by atoms with Gasteiger partial charge in [-0.2, -0.15) is 0 Å². The van der Waals surface area contributed by atoms with Gasteiger partial charge in [-0.25, -0.2) is 12.3 Å². The Balaban J connectivity index is -0.0000000975. The molecule has 0 spiro atoms. The smallest absolute Gasteiger partial charge is 0.676 e. The number of hydrogen-bond acceptors (Lipinski definition) is 2. The van der Waals surface area contributed by atoms with Crippen LogP contribution in [0.5, 0.6) is 0 Å². The second kappa shape index (κ2) is 20.5. The zero-order valence-electron chi connectivity index (χ0n) is 19.4. The number of hydrogen-bond donors (Lipinski definition) is 0. The maximum Gasteiger partial charge on any atom is 6.00 e. The normalized spacial score (nSPS) is 13.0. The Morgan fingerprint density at radius 3 is 0.852 bits per heavy atom. The molecule has 2 unspecified atom stereocenters. The van der Waals surface area contributed by atoms with E-state index in [0.29, 0.717) is 12.1 Å². The second-order valence-corrected chi connectivity index (χ2v) is 8.35. The van der Waals surface area contributed by atoms with E-state index in [1.165, 1.54) is 0 Å². The van der Waals surface area contributed by atoms with E-state index in [9.17, 15) is 0 Å². The van der Waals surface area contributed by atoms with Gasteiger partial charge in [-0.1, -0.05) is 69.2 Å². The van der Waals surface area contributed by atoms with Crippen LogP contribution < -0.4 is 0 Å². The molecule has 162 valence electrons. The average molecular weight is 472 g/mol. The molecule has 0 aromatic rings. The molecule has 2 atom stereocenters. The van der Waals surface area contributed by atoms with Crippen molar-refractivity contribution in [3.05, 3.63) is 21.3 Å². The minimum absolute atomic E-state index is 0. The maximum absolute atomic E-state index is 7.75. The summed E-state index contributed by atoms with van der Waals surface area (Å²) in [6, 6.07) is 0.771. The van der Waals surface area contributed by atoms with Gasteiger partial charge < -0.3 is 30.9 Å². The molecule has 0 heterocycles. The Morgan fingerprint density at radius 1 is 0.556 bits per heavy atom. The third-order valence-corrected chi connectivity index (χ3v) is 2.18. The van der Waals surface area contributed by atoms with Gasteiger partial charge in [0.1, 0.15) is 0 Å². The van der Waals surface area contributed by atoms with Crippen molar-refractivity contribution in [2.24, 2.45) is 0 Å². The SMILES string of the molecule is CC(C)[N-]C(C)[N-]C(C)(C)C.CC(C)[N-]C(C)[N-]C(C)(C)C.[CH-]=O.[CH-]=O.[Ru+6]. The van der Waals surface area contributed by atoms with Crippen LogP contribution in [0.3, 0.4) is 0 Å². The van der Waals surface area contributed by atoms with E-state index in [2.05, 4.69) is 104 Å². The van der Waals surface area contributed by atoms with Crippen molar-refractivity contribution in [3.8, 4) is 0 Å². The minimum atomic E-state index is 0. The fourth-order valence-corrected chi connectivity index (χ4v) is 2.05. The van der Waals surface area contributed by atoms with Crippen molar-refractivity contribution in [3.63, 3.8) is 0 Å². The van der Waals surface area contributed by atoms with E-state index < -0.39 is 0 Å². The molecular weight excluding hydrogens is 429 g/mol. The average Bonchev–Trinajstić information content (AvgIpc) is 2.37. The predicted octanol–water partition coefficient (Wildman–Crippen LogP) is 6.02. The van der Waals surface area contributed by atoms with Crippen molar-refractivity contribution < 1.29 is 29.1 Å². The Morgan fingerprint density at radius 2 is 0.741 bits per heavy atom. The number of carbonyl (C=O) groups excluding carboxylic acids is 2. The molecule has 27 heavy (non-hydrogen) atoms. The molecule has 6 nitrogen and oxygen atoms in total. The largest absolute Gasteiger partial charge is 6.00 e. The van der Waals surface area contributed by atoms with Crippen LogP contribution in [0, 0.1) is 0 Å². The Hall–Kier alpha value is -0.197. The first kappa shape index (κ1) is 37.5. The second-order valence-electron chi connectivity index (χ2n) is 8.35. The quantitative estimate of drug-likeness (QED) is 0.269. The van der Waals surface area contributed by atoms with Crippen LogP contribution in [0.2, 0.25) is 0 Å². The summed E-state index contributed by atoms with van der Waals surface area (Å²) in [6.45, 7) is 31.5. The molecule has 0 bridgehead atoms. The third-order valence-electron chi connectivity index (χ3n) is 2.18. The Kier molecular flexibility index (Phi) is 28.6.